The number of hydrogen-bond donors (Lipinski definition) is 0. The Balaban J connectivity index is 1.31. The minimum atomic E-state index is -0.333. The highest BCUT2D eigenvalue weighted by molar-refractivity contribution is 5.80. The molecule has 0 aliphatic carbocycles. The largest absolute Gasteiger partial charge is 0.341 e. The van der Waals surface area contributed by atoms with E-state index in [0.29, 0.717) is 30.4 Å². The van der Waals surface area contributed by atoms with Crippen LogP contribution in [-0.2, 0) is 17.8 Å². The SMILES string of the molecule is Cc1noc(C2CN(Cc3ccccc3)CC23CN(C(=O)Cc2ccccc2F)C3)n1. The van der Waals surface area contributed by atoms with Crippen molar-refractivity contribution in [3.63, 3.8) is 0 Å². The number of hydrogen-bond acceptors (Lipinski definition) is 5. The first kappa shape index (κ1) is 19.9. The molecule has 2 fully saturated rings. The van der Waals surface area contributed by atoms with Crippen LogP contribution in [0.5, 0.6) is 0 Å². The zero-order valence-electron chi connectivity index (χ0n) is 17.5. The molecule has 1 amide bonds. The predicted octanol–water partition coefficient (Wildman–Crippen LogP) is 3.19. The summed E-state index contributed by atoms with van der Waals surface area (Å²) >= 11 is 0. The van der Waals surface area contributed by atoms with Gasteiger partial charge in [-0.15, -0.1) is 0 Å². The van der Waals surface area contributed by atoms with Crippen molar-refractivity contribution in [3.8, 4) is 0 Å². The molecule has 6 nitrogen and oxygen atoms in total. The van der Waals surface area contributed by atoms with Gasteiger partial charge >= 0.3 is 0 Å². The average Bonchev–Trinajstić information content (AvgIpc) is 3.33. The summed E-state index contributed by atoms with van der Waals surface area (Å²) in [6.07, 6.45) is 0.0841. The molecular weight excluding hydrogens is 395 g/mol. The molecule has 2 aliphatic rings. The van der Waals surface area contributed by atoms with Gasteiger partial charge < -0.3 is 9.42 Å². The van der Waals surface area contributed by atoms with E-state index >= 15 is 0 Å². The van der Waals surface area contributed by atoms with E-state index in [1.54, 1.807) is 18.2 Å². The minimum absolute atomic E-state index is 0.0438. The predicted molar refractivity (Wildman–Crippen MR) is 113 cm³/mol. The van der Waals surface area contributed by atoms with Gasteiger partial charge in [0, 0.05) is 38.1 Å². The maximum atomic E-state index is 14.0. The lowest BCUT2D eigenvalue weighted by Gasteiger charge is -2.50. The number of likely N-dealkylation sites (tertiary alicyclic amines) is 2. The lowest BCUT2D eigenvalue weighted by Crippen LogP contribution is -2.61. The van der Waals surface area contributed by atoms with Crippen molar-refractivity contribution in [3.05, 3.63) is 83.3 Å². The summed E-state index contributed by atoms with van der Waals surface area (Å²) in [6.45, 7) is 5.58. The average molecular weight is 420 g/mol. The number of halogens is 1. The van der Waals surface area contributed by atoms with Crippen molar-refractivity contribution < 1.29 is 13.7 Å². The van der Waals surface area contributed by atoms with Crippen LogP contribution in [0.4, 0.5) is 4.39 Å². The zero-order valence-corrected chi connectivity index (χ0v) is 17.5. The maximum Gasteiger partial charge on any atom is 0.231 e. The lowest BCUT2D eigenvalue weighted by atomic mass is 9.71. The Labute approximate surface area is 180 Å². The second kappa shape index (κ2) is 7.89. The molecule has 1 unspecified atom stereocenters. The Kier molecular flexibility index (Phi) is 5.06. The maximum absolute atomic E-state index is 14.0. The second-order valence-electron chi connectivity index (χ2n) is 8.77. The van der Waals surface area contributed by atoms with Crippen LogP contribution in [0, 0.1) is 18.2 Å². The van der Waals surface area contributed by atoms with Crippen molar-refractivity contribution in [2.24, 2.45) is 5.41 Å². The van der Waals surface area contributed by atoms with E-state index in [9.17, 15) is 9.18 Å². The summed E-state index contributed by atoms with van der Waals surface area (Å²) in [7, 11) is 0. The molecule has 1 atom stereocenters. The molecule has 0 saturated carbocycles. The van der Waals surface area contributed by atoms with Gasteiger partial charge in [0.2, 0.25) is 11.8 Å². The van der Waals surface area contributed by atoms with Crippen LogP contribution in [0.25, 0.3) is 0 Å². The number of nitrogens with zero attached hydrogens (tertiary/aromatic N) is 4. The number of benzene rings is 2. The molecule has 1 spiro atoms. The fourth-order valence-corrected chi connectivity index (χ4v) is 4.96. The van der Waals surface area contributed by atoms with Gasteiger partial charge in [-0.05, 0) is 24.1 Å². The van der Waals surface area contributed by atoms with Crippen LogP contribution in [-0.4, -0.2) is 52.0 Å². The van der Waals surface area contributed by atoms with Crippen molar-refractivity contribution >= 4 is 5.91 Å². The highest BCUT2D eigenvalue weighted by Gasteiger charge is 2.57. The summed E-state index contributed by atoms with van der Waals surface area (Å²) in [4.78, 5) is 21.5. The smallest absolute Gasteiger partial charge is 0.231 e. The van der Waals surface area contributed by atoms with Crippen LogP contribution in [0.3, 0.4) is 0 Å². The first-order chi connectivity index (χ1) is 15.0. The van der Waals surface area contributed by atoms with Crippen LogP contribution in [0.1, 0.15) is 28.8 Å². The fraction of sp³-hybridized carbons (Fsp3) is 0.375. The number of aromatic nitrogens is 2. The third-order valence-electron chi connectivity index (χ3n) is 6.47. The standard InChI is InChI=1S/C24H25FN4O2/c1-17-26-23(31-27-17)20-13-28(12-18-7-3-2-4-8-18)14-24(20)15-29(16-24)22(30)11-19-9-5-6-10-21(19)25/h2-10,20H,11-16H2,1H3. The Bertz CT molecular complexity index is 1080. The monoisotopic (exact) mass is 420 g/mol. The van der Waals surface area contributed by atoms with Crippen LogP contribution >= 0.6 is 0 Å². The Morgan fingerprint density at radius 2 is 1.87 bits per heavy atom. The molecule has 0 radical (unpaired) electrons. The lowest BCUT2D eigenvalue weighted by molar-refractivity contribution is -0.143. The molecule has 1 aromatic heterocycles. The molecule has 5 rings (SSSR count). The molecule has 2 aliphatic heterocycles. The highest BCUT2D eigenvalue weighted by atomic mass is 19.1. The second-order valence-corrected chi connectivity index (χ2v) is 8.77. The van der Waals surface area contributed by atoms with E-state index < -0.39 is 0 Å². The van der Waals surface area contributed by atoms with Crippen LogP contribution in [0.15, 0.2) is 59.1 Å². The third kappa shape index (κ3) is 3.85. The summed E-state index contributed by atoms with van der Waals surface area (Å²) in [6, 6.07) is 16.8. The summed E-state index contributed by atoms with van der Waals surface area (Å²) in [5, 5.41) is 3.99. The minimum Gasteiger partial charge on any atom is -0.341 e. The number of carbonyl (C=O) groups is 1. The Morgan fingerprint density at radius 1 is 1.13 bits per heavy atom. The van der Waals surface area contributed by atoms with E-state index in [-0.39, 0.29) is 29.5 Å². The van der Waals surface area contributed by atoms with Crippen LogP contribution < -0.4 is 0 Å². The van der Waals surface area contributed by atoms with Gasteiger partial charge in [-0.25, -0.2) is 4.39 Å². The molecule has 160 valence electrons. The zero-order chi connectivity index (χ0) is 21.4. The quantitative estimate of drug-likeness (QED) is 0.634. The van der Waals surface area contributed by atoms with Crippen LogP contribution in [0.2, 0.25) is 0 Å². The number of aryl methyl sites for hydroxylation is 1. The first-order valence-electron chi connectivity index (χ1n) is 10.6. The Hall–Kier alpha value is -3.06. The van der Waals surface area contributed by atoms with E-state index in [1.807, 2.05) is 30.0 Å². The van der Waals surface area contributed by atoms with E-state index in [2.05, 4.69) is 27.2 Å². The van der Waals surface area contributed by atoms with E-state index in [4.69, 9.17) is 4.52 Å². The van der Waals surface area contributed by atoms with Crippen molar-refractivity contribution in [1.82, 2.24) is 19.9 Å². The van der Waals surface area contributed by atoms with Crippen molar-refractivity contribution in [2.45, 2.75) is 25.8 Å². The Morgan fingerprint density at radius 3 is 2.58 bits per heavy atom. The van der Waals surface area contributed by atoms with Gasteiger partial charge in [0.1, 0.15) is 5.82 Å². The molecule has 0 bridgehead atoms. The summed E-state index contributed by atoms with van der Waals surface area (Å²) in [5.41, 5.74) is 1.58. The van der Waals surface area contributed by atoms with E-state index in [1.165, 1.54) is 11.6 Å². The van der Waals surface area contributed by atoms with E-state index in [0.717, 1.165) is 19.6 Å². The summed E-state index contributed by atoms with van der Waals surface area (Å²) in [5.74, 6) is 0.973. The topological polar surface area (TPSA) is 62.5 Å². The van der Waals surface area contributed by atoms with Gasteiger partial charge in [0.25, 0.3) is 0 Å². The normalized spacial score (nSPS) is 20.2. The van der Waals surface area contributed by atoms with Crippen molar-refractivity contribution in [2.75, 3.05) is 26.2 Å². The molecule has 2 saturated heterocycles. The summed E-state index contributed by atoms with van der Waals surface area (Å²) < 4.78 is 19.5. The molecular formula is C24H25FN4O2. The molecule has 31 heavy (non-hydrogen) atoms. The number of carbonyl (C=O) groups excluding carboxylic acids is 1. The van der Waals surface area contributed by atoms with Crippen molar-refractivity contribution in [1.29, 1.82) is 0 Å². The van der Waals surface area contributed by atoms with Gasteiger partial charge in [-0.2, -0.15) is 4.98 Å². The highest BCUT2D eigenvalue weighted by Crippen LogP contribution is 2.49. The molecule has 7 heteroatoms. The molecule has 2 aromatic carbocycles. The fourth-order valence-electron chi connectivity index (χ4n) is 4.96. The first-order valence-corrected chi connectivity index (χ1v) is 10.6. The van der Waals surface area contributed by atoms with Gasteiger partial charge in [-0.1, -0.05) is 53.7 Å². The van der Waals surface area contributed by atoms with Gasteiger partial charge in [0.15, 0.2) is 5.82 Å². The third-order valence-corrected chi connectivity index (χ3v) is 6.47. The van der Waals surface area contributed by atoms with Gasteiger partial charge in [-0.3, -0.25) is 9.69 Å². The van der Waals surface area contributed by atoms with Gasteiger partial charge in [0.05, 0.1) is 12.3 Å². The number of amides is 1. The molecule has 3 aromatic rings. The number of rotatable bonds is 5. The molecule has 0 N–H and O–H groups in total. The molecule has 3 heterocycles.